The van der Waals surface area contributed by atoms with Gasteiger partial charge < -0.3 is 5.11 Å². The second kappa shape index (κ2) is 7.29. The highest BCUT2D eigenvalue weighted by atomic mass is 32.4. The second-order valence-electron chi connectivity index (χ2n) is 3.69. The minimum absolute atomic E-state index is 0.161. The number of hydrogen-bond acceptors (Lipinski definition) is 7. The van der Waals surface area contributed by atoms with Crippen LogP contribution >= 0.6 is 7.36 Å². The van der Waals surface area contributed by atoms with Crippen molar-refractivity contribution in [1.82, 2.24) is 26.2 Å². The average molecular weight is 269 g/mol. The summed E-state index contributed by atoms with van der Waals surface area (Å²) in [5, 5.41) is 15.0. The summed E-state index contributed by atoms with van der Waals surface area (Å²) in [6, 6.07) is 0. The Bertz CT molecular complexity index is 241. The first-order valence-corrected chi connectivity index (χ1v) is 7.11. The summed E-state index contributed by atoms with van der Waals surface area (Å²) in [5.74, 6) is -0.923. The van der Waals surface area contributed by atoms with Crippen LogP contribution in [0.2, 0.25) is 0 Å². The zero-order chi connectivity index (χ0) is 12.8. The van der Waals surface area contributed by atoms with Crippen LogP contribution in [0.5, 0.6) is 0 Å². The van der Waals surface area contributed by atoms with E-state index in [0.717, 1.165) is 0 Å². The summed E-state index contributed by atoms with van der Waals surface area (Å²) in [6.45, 7) is -0.161. The largest absolute Gasteiger partial charge is 0.480 e. The molecule has 0 aliphatic carbocycles. The molecule has 0 fully saturated rings. The third-order valence-corrected chi connectivity index (χ3v) is 3.37. The van der Waals surface area contributed by atoms with Crippen LogP contribution in [0.25, 0.3) is 0 Å². The van der Waals surface area contributed by atoms with Gasteiger partial charge in [-0.25, -0.2) is 20.9 Å². The minimum atomic E-state index is -0.923. The van der Waals surface area contributed by atoms with Gasteiger partial charge in [-0.05, 0) is 7.36 Å². The molecule has 0 aliphatic heterocycles. The van der Waals surface area contributed by atoms with Gasteiger partial charge in [0.25, 0.3) is 0 Å². The van der Waals surface area contributed by atoms with E-state index in [-0.39, 0.29) is 6.54 Å². The van der Waals surface area contributed by atoms with Crippen LogP contribution < -0.4 is 16.2 Å². The molecule has 0 aromatic rings. The zero-order valence-electron chi connectivity index (χ0n) is 9.94. The summed E-state index contributed by atoms with van der Waals surface area (Å²) in [4.78, 5) is 10.6. The molecule has 0 saturated heterocycles. The summed E-state index contributed by atoms with van der Waals surface area (Å²) < 4.78 is 0. The fourth-order valence-corrected chi connectivity index (χ4v) is 2.49. The molecule has 0 amide bonds. The Hall–Kier alpha value is -0.0800. The van der Waals surface area contributed by atoms with Crippen molar-refractivity contribution in [3.8, 4) is 0 Å². The fourth-order valence-electron chi connectivity index (χ4n) is 1.12. The molecule has 7 nitrogen and oxygen atoms in total. The molecule has 0 radical (unpaired) electrons. The first kappa shape index (κ1) is 15.9. The van der Waals surface area contributed by atoms with E-state index in [4.69, 9.17) is 16.9 Å². The van der Waals surface area contributed by atoms with Crippen molar-refractivity contribution in [3.63, 3.8) is 0 Å². The summed E-state index contributed by atoms with van der Waals surface area (Å²) in [6.07, 6.45) is 0. The third-order valence-electron chi connectivity index (χ3n) is 1.50. The molecule has 16 heavy (non-hydrogen) atoms. The Balaban J connectivity index is 4.65. The van der Waals surface area contributed by atoms with Gasteiger partial charge in [-0.15, -0.1) is 0 Å². The monoisotopic (exact) mass is 269 g/mol. The second-order valence-corrected chi connectivity index (χ2v) is 5.49. The number of hydrogen-bond donors (Lipinski definition) is 4. The molecule has 9 heteroatoms. The van der Waals surface area contributed by atoms with Crippen LogP contribution in [0.1, 0.15) is 0 Å². The fraction of sp³-hybridized carbons (Fsp3) is 0.857. The van der Waals surface area contributed by atoms with E-state index >= 15 is 0 Å². The number of carboxylic acid groups (broad SMARTS) is 1. The van der Waals surface area contributed by atoms with Crippen LogP contribution in [0.15, 0.2) is 0 Å². The molecule has 0 bridgehead atoms. The Morgan fingerprint density at radius 3 is 2.00 bits per heavy atom. The molecule has 1 unspecified atom stereocenters. The van der Waals surface area contributed by atoms with Gasteiger partial charge in [0.1, 0.15) is 0 Å². The van der Waals surface area contributed by atoms with E-state index in [0.29, 0.717) is 0 Å². The van der Waals surface area contributed by atoms with Gasteiger partial charge in [0.05, 0.1) is 6.54 Å². The van der Waals surface area contributed by atoms with E-state index in [1.54, 1.807) is 10.0 Å². The third kappa shape index (κ3) is 6.49. The Morgan fingerprint density at radius 2 is 1.75 bits per heavy atom. The van der Waals surface area contributed by atoms with Crippen LogP contribution in [0.4, 0.5) is 0 Å². The lowest BCUT2D eigenvalue weighted by atomic mass is 10.6. The van der Waals surface area contributed by atoms with Gasteiger partial charge in [-0.1, -0.05) is 11.8 Å². The van der Waals surface area contributed by atoms with Gasteiger partial charge >= 0.3 is 5.97 Å². The number of rotatable bonds is 8. The standard InChI is InChI=1S/C7H20N5O2PS/c1-11(2)9-7(15-16,10-12(3)4)8-5-6(13)14/h8-10H,5,15H2,1-4H3,(H,13,14). The van der Waals surface area contributed by atoms with E-state index < -0.39 is 18.9 Å². The molecule has 0 heterocycles. The Kier molecular flexibility index (Phi) is 7.25. The van der Waals surface area contributed by atoms with Crippen LogP contribution in [0, 0.1) is 0 Å². The molecular weight excluding hydrogens is 249 g/mol. The predicted molar refractivity (Wildman–Crippen MR) is 69.1 cm³/mol. The maximum Gasteiger partial charge on any atom is 0.317 e. The van der Waals surface area contributed by atoms with Crippen molar-refractivity contribution in [2.45, 2.75) is 5.53 Å². The normalized spacial score (nSPS) is 13.1. The summed E-state index contributed by atoms with van der Waals surface area (Å²) >= 11 is 5.12. The predicted octanol–water partition coefficient (Wildman–Crippen LogP) is -1.72. The molecule has 0 rings (SSSR count). The lowest BCUT2D eigenvalue weighted by Crippen LogP contribution is -2.68. The number of nitrogens with zero attached hydrogens (tertiary/aromatic N) is 2. The number of carboxylic acids is 1. The van der Waals surface area contributed by atoms with E-state index in [1.165, 1.54) is 0 Å². The molecule has 0 aromatic carbocycles. The highest BCUT2D eigenvalue weighted by molar-refractivity contribution is 7.97. The molecular formula is C7H20N5O2PS. The van der Waals surface area contributed by atoms with Gasteiger partial charge in [-0.3, -0.25) is 10.1 Å². The van der Waals surface area contributed by atoms with Crippen LogP contribution in [-0.4, -0.2) is 61.4 Å². The molecule has 0 spiro atoms. The van der Waals surface area contributed by atoms with Crippen molar-refractivity contribution < 1.29 is 9.90 Å². The molecule has 4 N–H and O–H groups in total. The lowest BCUT2D eigenvalue weighted by Gasteiger charge is -2.37. The topological polar surface area (TPSA) is 79.9 Å². The smallest absolute Gasteiger partial charge is 0.317 e. The lowest BCUT2D eigenvalue weighted by molar-refractivity contribution is -0.136. The van der Waals surface area contributed by atoms with Crippen LogP contribution in [-0.2, 0) is 16.6 Å². The quantitative estimate of drug-likeness (QED) is 0.235. The first-order valence-electron chi connectivity index (χ1n) is 4.65. The van der Waals surface area contributed by atoms with Crippen molar-refractivity contribution in [2.75, 3.05) is 34.7 Å². The van der Waals surface area contributed by atoms with E-state index in [9.17, 15) is 4.79 Å². The number of hydrazine groups is 2. The van der Waals surface area contributed by atoms with E-state index in [2.05, 4.69) is 16.2 Å². The highest BCUT2D eigenvalue weighted by Gasteiger charge is 2.27. The maximum absolute atomic E-state index is 10.6. The van der Waals surface area contributed by atoms with Gasteiger partial charge in [-0.2, -0.15) is 0 Å². The SMILES string of the molecule is CN(C)NC(NCC(=O)O)(NN(C)C)[PH2]=S. The van der Waals surface area contributed by atoms with Crippen molar-refractivity contribution in [2.24, 2.45) is 0 Å². The van der Waals surface area contributed by atoms with Crippen molar-refractivity contribution in [3.05, 3.63) is 0 Å². The minimum Gasteiger partial charge on any atom is -0.480 e. The Morgan fingerprint density at radius 1 is 1.31 bits per heavy atom. The highest BCUT2D eigenvalue weighted by Crippen LogP contribution is 2.13. The van der Waals surface area contributed by atoms with Gasteiger partial charge in [0.15, 0.2) is 5.53 Å². The van der Waals surface area contributed by atoms with Crippen molar-refractivity contribution >= 4 is 25.1 Å². The van der Waals surface area contributed by atoms with Gasteiger partial charge in [0, 0.05) is 28.2 Å². The molecule has 1 atom stereocenters. The molecule has 96 valence electrons. The molecule has 0 saturated carbocycles. The van der Waals surface area contributed by atoms with Crippen molar-refractivity contribution in [1.29, 1.82) is 0 Å². The Labute approximate surface area is 102 Å². The maximum atomic E-state index is 10.6. The van der Waals surface area contributed by atoms with E-state index in [1.807, 2.05) is 28.2 Å². The zero-order valence-corrected chi connectivity index (χ0v) is 11.9. The van der Waals surface area contributed by atoms with Crippen LogP contribution in [0.3, 0.4) is 0 Å². The number of nitrogens with one attached hydrogen (secondary N) is 3. The average Bonchev–Trinajstić information content (AvgIpc) is 2.12. The molecule has 0 aromatic heterocycles. The number of carbonyl (C=O) groups is 1. The molecule has 0 aliphatic rings. The first-order chi connectivity index (χ1) is 7.31. The summed E-state index contributed by atoms with van der Waals surface area (Å²) in [7, 11) is 6.78. The van der Waals surface area contributed by atoms with Gasteiger partial charge in [0.2, 0.25) is 0 Å². The number of aliphatic carboxylic acids is 1. The summed E-state index contributed by atoms with van der Waals surface area (Å²) in [5.41, 5.74) is 5.37.